The molecule has 0 aliphatic carbocycles. The lowest BCUT2D eigenvalue weighted by molar-refractivity contribution is 0.245. The molecule has 2 aromatic heterocycles. The normalized spacial score (nSPS) is 10.5. The van der Waals surface area contributed by atoms with Crippen molar-refractivity contribution in [1.29, 1.82) is 0 Å². The molecule has 0 bridgehead atoms. The first-order valence-corrected chi connectivity index (χ1v) is 7.39. The monoisotopic (exact) mass is 326 g/mol. The molecule has 1 amide bonds. The summed E-state index contributed by atoms with van der Waals surface area (Å²) in [4.78, 5) is 16.1. The summed E-state index contributed by atoms with van der Waals surface area (Å²) in [6.45, 7) is 0. The number of nitrogens with one attached hydrogen (secondary N) is 2. The van der Waals surface area contributed by atoms with E-state index in [1.54, 1.807) is 51.8 Å². The Morgan fingerprint density at radius 1 is 1.17 bits per heavy atom. The molecule has 124 valence electrons. The molecule has 0 spiro atoms. The molecule has 0 aliphatic heterocycles. The van der Waals surface area contributed by atoms with Crippen molar-refractivity contribution in [2.24, 2.45) is 0 Å². The summed E-state index contributed by atoms with van der Waals surface area (Å²) in [6, 6.07) is 8.81. The number of hydrogen-bond acceptors (Lipinski definition) is 5. The molecule has 0 radical (unpaired) electrons. The van der Waals surface area contributed by atoms with Crippen LogP contribution in [-0.4, -0.2) is 36.8 Å². The van der Waals surface area contributed by atoms with Crippen LogP contribution in [0.4, 0.5) is 10.6 Å². The summed E-state index contributed by atoms with van der Waals surface area (Å²) < 4.78 is 12.9. The minimum Gasteiger partial charge on any atom is -0.493 e. The summed E-state index contributed by atoms with van der Waals surface area (Å²) in [5.74, 6) is 2.44. The smallest absolute Gasteiger partial charge is 0.325 e. The van der Waals surface area contributed by atoms with E-state index in [2.05, 4.69) is 15.6 Å². The fourth-order valence-electron chi connectivity index (χ4n) is 2.42. The molecule has 0 saturated carbocycles. The Labute approximate surface area is 139 Å². The Hall–Kier alpha value is -3.22. The van der Waals surface area contributed by atoms with Crippen molar-refractivity contribution in [3.8, 4) is 17.2 Å². The number of aromatic nitrogens is 2. The van der Waals surface area contributed by atoms with Crippen LogP contribution in [0.25, 0.3) is 10.9 Å². The van der Waals surface area contributed by atoms with Gasteiger partial charge in [0.2, 0.25) is 0 Å². The van der Waals surface area contributed by atoms with E-state index < -0.39 is 0 Å². The highest BCUT2D eigenvalue weighted by atomic mass is 16.5. The molecule has 2 N–H and O–H groups in total. The van der Waals surface area contributed by atoms with Gasteiger partial charge in [0.25, 0.3) is 0 Å². The van der Waals surface area contributed by atoms with Crippen molar-refractivity contribution in [2.75, 3.05) is 26.5 Å². The summed E-state index contributed by atoms with van der Waals surface area (Å²) >= 11 is 0. The Balaban J connectivity index is 2.03. The first kappa shape index (κ1) is 15.7. The Bertz CT molecular complexity index is 889. The van der Waals surface area contributed by atoms with Gasteiger partial charge in [-0.1, -0.05) is 0 Å². The predicted molar refractivity (Wildman–Crippen MR) is 92.2 cm³/mol. The van der Waals surface area contributed by atoms with Gasteiger partial charge in [0.15, 0.2) is 11.5 Å². The number of nitrogens with zero attached hydrogens (tertiary/aromatic N) is 2. The van der Waals surface area contributed by atoms with Gasteiger partial charge in [-0.3, -0.25) is 4.57 Å². The molecular weight excluding hydrogens is 308 g/mol. The SMILES string of the molecule is CNC(=O)n1ccc2cc(Oc3ccnc(NC)c3)c(OC)cc21. The number of rotatable bonds is 4. The second-order valence-electron chi connectivity index (χ2n) is 5.03. The number of carbonyl (C=O) groups excluding carboxylic acids is 1. The number of hydrogen-bond donors (Lipinski definition) is 2. The molecule has 0 aliphatic rings. The fourth-order valence-corrected chi connectivity index (χ4v) is 2.42. The minimum absolute atomic E-state index is 0.214. The third kappa shape index (κ3) is 2.83. The van der Waals surface area contributed by atoms with E-state index in [4.69, 9.17) is 9.47 Å². The maximum absolute atomic E-state index is 11.9. The van der Waals surface area contributed by atoms with Gasteiger partial charge in [-0.15, -0.1) is 0 Å². The quantitative estimate of drug-likeness (QED) is 0.770. The molecule has 7 nitrogen and oxygen atoms in total. The highest BCUT2D eigenvalue weighted by Crippen LogP contribution is 2.36. The van der Waals surface area contributed by atoms with Crippen molar-refractivity contribution in [2.45, 2.75) is 0 Å². The van der Waals surface area contributed by atoms with Gasteiger partial charge in [0.1, 0.15) is 11.6 Å². The fraction of sp³-hybridized carbons (Fsp3) is 0.176. The van der Waals surface area contributed by atoms with Crippen LogP contribution in [-0.2, 0) is 0 Å². The topological polar surface area (TPSA) is 77.4 Å². The molecule has 0 saturated heterocycles. The molecule has 3 rings (SSSR count). The van der Waals surface area contributed by atoms with Crippen molar-refractivity contribution in [1.82, 2.24) is 14.9 Å². The first-order valence-electron chi connectivity index (χ1n) is 7.39. The van der Waals surface area contributed by atoms with E-state index >= 15 is 0 Å². The molecule has 0 atom stereocenters. The van der Waals surface area contributed by atoms with Crippen molar-refractivity contribution < 1.29 is 14.3 Å². The predicted octanol–water partition coefficient (Wildman–Crippen LogP) is 3.07. The van der Waals surface area contributed by atoms with E-state index in [0.29, 0.717) is 23.1 Å². The highest BCUT2D eigenvalue weighted by Gasteiger charge is 2.13. The lowest BCUT2D eigenvalue weighted by Gasteiger charge is -2.12. The van der Waals surface area contributed by atoms with Crippen molar-refractivity contribution in [3.63, 3.8) is 0 Å². The highest BCUT2D eigenvalue weighted by molar-refractivity contribution is 5.93. The maximum Gasteiger partial charge on any atom is 0.325 e. The zero-order chi connectivity index (χ0) is 17.1. The third-order valence-corrected chi connectivity index (χ3v) is 3.62. The Morgan fingerprint density at radius 3 is 2.71 bits per heavy atom. The number of ether oxygens (including phenoxy) is 2. The Kier molecular flexibility index (Phi) is 4.24. The number of fused-ring (bicyclic) bond motifs is 1. The Morgan fingerprint density at radius 2 is 2.00 bits per heavy atom. The summed E-state index contributed by atoms with van der Waals surface area (Å²) in [6.07, 6.45) is 3.37. The van der Waals surface area contributed by atoms with Gasteiger partial charge < -0.3 is 20.1 Å². The van der Waals surface area contributed by atoms with Crippen LogP contribution in [0, 0.1) is 0 Å². The van der Waals surface area contributed by atoms with Gasteiger partial charge in [-0.25, -0.2) is 9.78 Å². The van der Waals surface area contributed by atoms with Crippen molar-refractivity contribution in [3.05, 3.63) is 42.7 Å². The summed E-state index contributed by atoms with van der Waals surface area (Å²) in [5, 5.41) is 6.44. The van der Waals surface area contributed by atoms with Gasteiger partial charge in [0.05, 0.1) is 12.6 Å². The largest absolute Gasteiger partial charge is 0.493 e. The summed E-state index contributed by atoms with van der Waals surface area (Å²) in [5.41, 5.74) is 0.740. The van der Waals surface area contributed by atoms with Crippen LogP contribution in [0.1, 0.15) is 0 Å². The van der Waals surface area contributed by atoms with E-state index in [0.717, 1.165) is 10.9 Å². The molecule has 7 heteroatoms. The maximum atomic E-state index is 11.9. The lowest BCUT2D eigenvalue weighted by atomic mass is 10.2. The zero-order valence-electron chi connectivity index (χ0n) is 13.7. The van der Waals surface area contributed by atoms with Crippen LogP contribution in [0.15, 0.2) is 42.7 Å². The number of amides is 1. The number of methoxy groups -OCH3 is 1. The average Bonchev–Trinajstić information content (AvgIpc) is 3.03. The molecule has 0 unspecified atom stereocenters. The van der Waals surface area contributed by atoms with Gasteiger partial charge in [0, 0.05) is 44.0 Å². The number of carbonyl (C=O) groups is 1. The van der Waals surface area contributed by atoms with Gasteiger partial charge in [-0.2, -0.15) is 0 Å². The van der Waals surface area contributed by atoms with Gasteiger partial charge in [-0.05, 0) is 18.2 Å². The molecule has 0 fully saturated rings. The number of benzene rings is 1. The van der Waals surface area contributed by atoms with Crippen LogP contribution >= 0.6 is 0 Å². The van der Waals surface area contributed by atoms with E-state index in [9.17, 15) is 4.79 Å². The second kappa shape index (κ2) is 6.49. The average molecular weight is 326 g/mol. The van der Waals surface area contributed by atoms with Gasteiger partial charge >= 0.3 is 6.03 Å². The second-order valence-corrected chi connectivity index (χ2v) is 5.03. The van der Waals surface area contributed by atoms with E-state index in [1.807, 2.05) is 12.1 Å². The van der Waals surface area contributed by atoms with E-state index in [1.165, 1.54) is 4.57 Å². The van der Waals surface area contributed by atoms with Crippen LogP contribution < -0.4 is 20.1 Å². The molecular formula is C17H18N4O3. The van der Waals surface area contributed by atoms with E-state index in [-0.39, 0.29) is 6.03 Å². The van der Waals surface area contributed by atoms with Crippen molar-refractivity contribution >= 4 is 22.8 Å². The minimum atomic E-state index is -0.214. The summed E-state index contributed by atoms with van der Waals surface area (Å²) in [7, 11) is 4.94. The molecule has 3 aromatic rings. The zero-order valence-corrected chi connectivity index (χ0v) is 13.7. The number of anilines is 1. The molecule has 24 heavy (non-hydrogen) atoms. The lowest BCUT2D eigenvalue weighted by Crippen LogP contribution is -2.23. The van der Waals surface area contributed by atoms with Crippen LogP contribution in [0.3, 0.4) is 0 Å². The standard InChI is InChI=1S/C17H18N4O3/c1-18-16-9-12(4-6-20-16)24-15-8-11-5-7-21(17(22)19-2)13(11)10-14(15)23-3/h4-10H,1-3H3,(H,18,20)(H,19,22). The third-order valence-electron chi connectivity index (χ3n) is 3.62. The molecule has 2 heterocycles. The van der Waals surface area contributed by atoms with Crippen LogP contribution in [0.5, 0.6) is 17.2 Å². The number of pyridine rings is 1. The first-order chi connectivity index (χ1) is 11.7. The van der Waals surface area contributed by atoms with Crippen LogP contribution in [0.2, 0.25) is 0 Å². The molecule has 1 aromatic carbocycles.